The number of carbonyl (C=O) groups is 4. The van der Waals surface area contributed by atoms with Crippen LogP contribution in [0.2, 0.25) is 0 Å². The molecule has 38 heavy (non-hydrogen) atoms. The molecule has 214 valence electrons. The molecule has 0 aromatic heterocycles. The molecule has 0 bridgehead atoms. The topological polar surface area (TPSA) is 111 Å². The van der Waals surface area contributed by atoms with Gasteiger partial charge in [0.2, 0.25) is 5.91 Å². The molecular weight excluding hydrogens is 484 g/mol. The highest BCUT2D eigenvalue weighted by Gasteiger charge is 2.60. The molecular formula is C30H48N2O6. The first-order valence-corrected chi connectivity index (χ1v) is 14.7. The molecule has 2 amide bonds. The number of Topliss-reactive ketones (excluding diaryl/α,β-unsaturated/α-hetero) is 1. The number of nitrogens with one attached hydrogen (secondary N) is 2. The van der Waals surface area contributed by atoms with E-state index in [4.69, 9.17) is 9.47 Å². The van der Waals surface area contributed by atoms with Gasteiger partial charge in [-0.25, -0.2) is 4.79 Å². The normalized spacial score (nSPS) is 38.2. The quantitative estimate of drug-likeness (QED) is 0.476. The fourth-order valence-corrected chi connectivity index (χ4v) is 8.92. The summed E-state index contributed by atoms with van der Waals surface area (Å²) in [4.78, 5) is 48.6. The highest BCUT2D eigenvalue weighted by atomic mass is 16.6. The minimum absolute atomic E-state index is 0.114. The summed E-state index contributed by atoms with van der Waals surface area (Å²) in [5.74, 6) is 2.32. The summed E-state index contributed by atoms with van der Waals surface area (Å²) in [6.07, 6.45) is 9.02. The minimum Gasteiger partial charge on any atom is -0.461 e. The van der Waals surface area contributed by atoms with Gasteiger partial charge in [-0.15, -0.1) is 0 Å². The lowest BCUT2D eigenvalue weighted by Gasteiger charge is -2.61. The van der Waals surface area contributed by atoms with Crippen molar-refractivity contribution in [3.05, 3.63) is 0 Å². The Kier molecular flexibility index (Phi) is 8.21. The Morgan fingerprint density at radius 1 is 0.842 bits per heavy atom. The fourth-order valence-electron chi connectivity index (χ4n) is 8.92. The van der Waals surface area contributed by atoms with E-state index in [2.05, 4.69) is 24.5 Å². The molecule has 4 rings (SSSR count). The second kappa shape index (κ2) is 10.8. The fraction of sp³-hybridized carbons (Fsp3) is 0.867. The Hall–Kier alpha value is -2.12. The zero-order valence-electron chi connectivity index (χ0n) is 24.2. The van der Waals surface area contributed by atoms with Crippen LogP contribution in [0.15, 0.2) is 0 Å². The van der Waals surface area contributed by atoms with Crippen LogP contribution < -0.4 is 10.6 Å². The second-order valence-electron chi connectivity index (χ2n) is 14.0. The summed E-state index contributed by atoms with van der Waals surface area (Å²) in [5, 5.41) is 4.90. The Balaban J connectivity index is 1.24. The van der Waals surface area contributed by atoms with Crippen molar-refractivity contribution in [1.82, 2.24) is 10.6 Å². The molecule has 8 nitrogen and oxygen atoms in total. The summed E-state index contributed by atoms with van der Waals surface area (Å²) < 4.78 is 10.9. The number of hydrogen-bond acceptors (Lipinski definition) is 6. The van der Waals surface area contributed by atoms with Crippen molar-refractivity contribution in [2.75, 3.05) is 13.1 Å². The van der Waals surface area contributed by atoms with Gasteiger partial charge in [-0.1, -0.05) is 13.8 Å². The summed E-state index contributed by atoms with van der Waals surface area (Å²) in [6, 6.07) is 0. The van der Waals surface area contributed by atoms with Gasteiger partial charge in [0.1, 0.15) is 30.6 Å². The molecule has 0 aromatic carbocycles. The molecule has 4 aliphatic carbocycles. The predicted octanol–water partition coefficient (Wildman–Crippen LogP) is 4.79. The van der Waals surface area contributed by atoms with Gasteiger partial charge in [-0.2, -0.15) is 0 Å². The third kappa shape index (κ3) is 5.89. The zero-order valence-corrected chi connectivity index (χ0v) is 24.2. The Morgan fingerprint density at radius 3 is 2.21 bits per heavy atom. The number of amides is 2. The van der Waals surface area contributed by atoms with Crippen molar-refractivity contribution in [3.8, 4) is 0 Å². The molecule has 0 aliphatic heterocycles. The van der Waals surface area contributed by atoms with Gasteiger partial charge in [-0.3, -0.25) is 14.4 Å². The van der Waals surface area contributed by atoms with Gasteiger partial charge in [-0.05, 0) is 120 Å². The number of ketones is 1. The smallest absolute Gasteiger partial charge is 0.408 e. The number of hydrogen-bond donors (Lipinski definition) is 2. The van der Waals surface area contributed by atoms with E-state index in [1.165, 1.54) is 19.3 Å². The van der Waals surface area contributed by atoms with Crippen LogP contribution >= 0.6 is 0 Å². The Bertz CT molecular complexity index is 944. The summed E-state index contributed by atoms with van der Waals surface area (Å²) in [5.41, 5.74) is -0.203. The van der Waals surface area contributed by atoms with Gasteiger partial charge in [0, 0.05) is 5.92 Å². The molecule has 4 aliphatic rings. The highest BCUT2D eigenvalue weighted by molar-refractivity contribution is 5.85. The average molecular weight is 533 g/mol. The van der Waals surface area contributed by atoms with Gasteiger partial charge < -0.3 is 20.1 Å². The van der Waals surface area contributed by atoms with E-state index in [0.717, 1.165) is 38.5 Å². The van der Waals surface area contributed by atoms with Crippen LogP contribution in [-0.2, 0) is 23.9 Å². The molecule has 0 spiro atoms. The van der Waals surface area contributed by atoms with E-state index < -0.39 is 23.6 Å². The first-order chi connectivity index (χ1) is 17.7. The van der Waals surface area contributed by atoms with Crippen molar-refractivity contribution >= 4 is 23.8 Å². The molecule has 4 saturated carbocycles. The maximum absolute atomic E-state index is 12.5. The second-order valence-corrected chi connectivity index (χ2v) is 14.0. The van der Waals surface area contributed by atoms with Crippen LogP contribution in [0, 0.1) is 40.4 Å². The number of ether oxygens (including phenoxy) is 2. The number of rotatable bonds is 6. The maximum atomic E-state index is 12.5. The van der Waals surface area contributed by atoms with Crippen LogP contribution in [0.3, 0.4) is 0 Å². The lowest BCUT2D eigenvalue weighted by molar-refractivity contribution is -0.162. The molecule has 0 heterocycles. The minimum atomic E-state index is -0.676. The van der Waals surface area contributed by atoms with Gasteiger partial charge >= 0.3 is 12.1 Å². The van der Waals surface area contributed by atoms with Crippen LogP contribution in [0.25, 0.3) is 0 Å². The van der Waals surface area contributed by atoms with E-state index >= 15 is 0 Å². The van der Waals surface area contributed by atoms with E-state index in [1.807, 2.05) is 0 Å². The molecule has 0 aromatic rings. The maximum Gasteiger partial charge on any atom is 0.408 e. The highest BCUT2D eigenvalue weighted by Crippen LogP contribution is 2.67. The summed E-state index contributed by atoms with van der Waals surface area (Å²) in [7, 11) is 0. The molecule has 8 atom stereocenters. The summed E-state index contributed by atoms with van der Waals surface area (Å²) >= 11 is 0. The monoisotopic (exact) mass is 532 g/mol. The Morgan fingerprint density at radius 2 is 1.53 bits per heavy atom. The van der Waals surface area contributed by atoms with Gasteiger partial charge in [0.15, 0.2) is 0 Å². The predicted molar refractivity (Wildman–Crippen MR) is 143 cm³/mol. The van der Waals surface area contributed by atoms with Gasteiger partial charge in [0.25, 0.3) is 0 Å². The van der Waals surface area contributed by atoms with E-state index in [1.54, 1.807) is 27.7 Å². The van der Waals surface area contributed by atoms with Crippen LogP contribution in [0.4, 0.5) is 4.79 Å². The molecule has 0 radical (unpaired) electrons. The zero-order chi connectivity index (χ0) is 27.9. The van der Waals surface area contributed by atoms with E-state index in [-0.39, 0.29) is 35.9 Å². The van der Waals surface area contributed by atoms with E-state index in [0.29, 0.717) is 29.5 Å². The van der Waals surface area contributed by atoms with Crippen LogP contribution in [0.1, 0.15) is 99.3 Å². The van der Waals surface area contributed by atoms with Crippen molar-refractivity contribution in [2.45, 2.75) is 111 Å². The average Bonchev–Trinajstić information content (AvgIpc) is 3.18. The first kappa shape index (κ1) is 28.9. The van der Waals surface area contributed by atoms with Crippen molar-refractivity contribution in [1.29, 1.82) is 0 Å². The van der Waals surface area contributed by atoms with Crippen molar-refractivity contribution in [2.24, 2.45) is 40.4 Å². The molecule has 0 saturated heterocycles. The van der Waals surface area contributed by atoms with Crippen LogP contribution in [-0.4, -0.2) is 48.5 Å². The van der Waals surface area contributed by atoms with Crippen molar-refractivity contribution in [3.63, 3.8) is 0 Å². The SMILES string of the molecule is CC(=O)[C@H]1CC[C@H]2[C@@H]3CC[C@H]4C[C@H](OC(=O)CNC(=O)CNC(=O)OC(C)(C)C)CC[C@]4(C)[C@H]3CC[C@]12C. The van der Waals surface area contributed by atoms with Crippen LogP contribution in [0.5, 0.6) is 0 Å². The largest absolute Gasteiger partial charge is 0.461 e. The number of fused-ring (bicyclic) bond motifs is 5. The van der Waals surface area contributed by atoms with Crippen molar-refractivity contribution < 1.29 is 28.7 Å². The molecule has 0 unspecified atom stereocenters. The molecule has 8 heteroatoms. The number of esters is 1. The molecule has 2 N–H and O–H groups in total. The Labute approximate surface area is 227 Å². The molecule has 4 fully saturated rings. The van der Waals surface area contributed by atoms with Gasteiger partial charge in [0.05, 0.1) is 0 Å². The lowest BCUT2D eigenvalue weighted by atomic mass is 9.44. The third-order valence-corrected chi connectivity index (χ3v) is 10.6. The number of alkyl carbamates (subject to hydrolysis) is 1. The third-order valence-electron chi connectivity index (χ3n) is 10.6. The standard InChI is InChI=1S/C30H48N2O6/c1-18(33)22-9-10-23-21-8-7-19-15-20(11-13-29(19,5)24(21)12-14-30(22,23)6)37-26(35)17-31-25(34)16-32-27(36)38-28(2,3)4/h19-24H,7-17H2,1-6H3,(H,31,34)(H,32,36)/t19-,20+,21-,22+,23-,24-,29-,30+/m0/s1. The first-order valence-electron chi connectivity index (χ1n) is 14.7. The lowest BCUT2D eigenvalue weighted by Crippen LogP contribution is -2.54. The van der Waals surface area contributed by atoms with E-state index in [9.17, 15) is 19.2 Å². The summed E-state index contributed by atoms with van der Waals surface area (Å²) in [6.45, 7) is 11.4. The number of carbonyl (C=O) groups excluding carboxylic acids is 4.